The molecule has 3 nitrogen and oxygen atoms in total. The predicted molar refractivity (Wildman–Crippen MR) is 65.1 cm³/mol. The second-order valence-electron chi connectivity index (χ2n) is 4.51. The molecule has 2 aliphatic rings. The molecule has 2 unspecified atom stereocenters. The van der Waals surface area contributed by atoms with Crippen molar-refractivity contribution in [1.29, 1.82) is 0 Å². The summed E-state index contributed by atoms with van der Waals surface area (Å²) in [6.45, 7) is 3.29. The van der Waals surface area contributed by atoms with Crippen LogP contribution < -0.4 is 9.47 Å². The van der Waals surface area contributed by atoms with E-state index in [1.807, 2.05) is 12.1 Å². The lowest BCUT2D eigenvalue weighted by Crippen LogP contribution is -2.15. The maximum Gasteiger partial charge on any atom is 0.162 e. The van der Waals surface area contributed by atoms with E-state index in [0.29, 0.717) is 25.4 Å². The fraction of sp³-hybridized carbons (Fsp3) is 0.538. The van der Waals surface area contributed by atoms with Gasteiger partial charge in [-0.05, 0) is 31.4 Å². The summed E-state index contributed by atoms with van der Waals surface area (Å²) >= 11 is 6.23. The number of rotatable bonds is 3. The molecule has 0 spiro atoms. The van der Waals surface area contributed by atoms with Crippen molar-refractivity contribution in [3.63, 3.8) is 0 Å². The van der Waals surface area contributed by atoms with Crippen molar-refractivity contribution in [3.05, 3.63) is 22.7 Å². The zero-order chi connectivity index (χ0) is 11.8. The quantitative estimate of drug-likeness (QED) is 0.778. The molecule has 0 radical (unpaired) electrons. The van der Waals surface area contributed by atoms with Crippen LogP contribution in [0.25, 0.3) is 0 Å². The van der Waals surface area contributed by atoms with E-state index in [9.17, 15) is 0 Å². The zero-order valence-corrected chi connectivity index (χ0v) is 10.5. The first-order chi connectivity index (χ1) is 8.24. The highest BCUT2D eigenvalue weighted by Gasteiger charge is 2.33. The topological polar surface area (TPSA) is 31.0 Å². The molecule has 1 fully saturated rings. The summed E-state index contributed by atoms with van der Waals surface area (Å²) in [5, 5.41) is 0.752. The molecule has 1 aromatic rings. The molecule has 0 amide bonds. The van der Waals surface area contributed by atoms with Crippen LogP contribution in [-0.2, 0) is 11.2 Å². The first kappa shape index (κ1) is 11.2. The molecule has 1 saturated heterocycles. The van der Waals surface area contributed by atoms with E-state index in [1.54, 1.807) is 0 Å². The number of fused-ring (bicyclic) bond motifs is 1. The Bertz CT molecular complexity index is 433. The monoisotopic (exact) mass is 254 g/mol. The van der Waals surface area contributed by atoms with Gasteiger partial charge in [-0.25, -0.2) is 0 Å². The average Bonchev–Trinajstić information content (AvgIpc) is 3.03. The third-order valence-corrected chi connectivity index (χ3v) is 3.60. The van der Waals surface area contributed by atoms with Gasteiger partial charge in [0.05, 0.1) is 12.2 Å². The summed E-state index contributed by atoms with van der Waals surface area (Å²) in [5.41, 5.74) is 1.11. The highest BCUT2D eigenvalue weighted by Crippen LogP contribution is 2.36. The van der Waals surface area contributed by atoms with E-state index in [0.717, 1.165) is 34.9 Å². The van der Waals surface area contributed by atoms with E-state index in [-0.39, 0.29) is 0 Å². The Balaban J connectivity index is 1.74. The molecule has 2 atom stereocenters. The van der Waals surface area contributed by atoms with Crippen LogP contribution in [0.1, 0.15) is 18.9 Å². The third kappa shape index (κ3) is 2.35. The standard InChI is InChI=1S/C13H15ClO3/c1-8-11(17-8)3-2-9-6-12-13(7-10(9)14)16-5-4-15-12/h6-8,11H,2-5H2,1H3. The minimum Gasteiger partial charge on any atom is -0.486 e. The molecule has 4 heteroatoms. The fourth-order valence-electron chi connectivity index (χ4n) is 2.13. The number of epoxide rings is 1. The summed E-state index contributed by atoms with van der Waals surface area (Å²) in [4.78, 5) is 0. The van der Waals surface area contributed by atoms with Crippen molar-refractivity contribution >= 4 is 11.6 Å². The van der Waals surface area contributed by atoms with Crippen LogP contribution in [0.2, 0.25) is 5.02 Å². The minimum absolute atomic E-state index is 0.402. The van der Waals surface area contributed by atoms with Crippen LogP contribution >= 0.6 is 11.6 Å². The molecule has 1 aromatic carbocycles. The van der Waals surface area contributed by atoms with E-state index in [2.05, 4.69) is 6.92 Å². The number of ether oxygens (including phenoxy) is 3. The predicted octanol–water partition coefficient (Wildman–Crippen LogP) is 2.83. The largest absolute Gasteiger partial charge is 0.486 e. The molecular weight excluding hydrogens is 240 g/mol. The van der Waals surface area contributed by atoms with Crippen molar-refractivity contribution in [1.82, 2.24) is 0 Å². The Morgan fingerprint density at radius 2 is 1.88 bits per heavy atom. The fourth-order valence-corrected chi connectivity index (χ4v) is 2.38. The smallest absolute Gasteiger partial charge is 0.162 e. The van der Waals surface area contributed by atoms with Crippen LogP contribution in [0.3, 0.4) is 0 Å². The first-order valence-corrected chi connectivity index (χ1v) is 6.35. The zero-order valence-electron chi connectivity index (χ0n) is 9.74. The Morgan fingerprint density at radius 1 is 1.24 bits per heavy atom. The van der Waals surface area contributed by atoms with Crippen molar-refractivity contribution in [3.8, 4) is 11.5 Å². The summed E-state index contributed by atoms with van der Waals surface area (Å²) in [7, 11) is 0. The normalized spacial score (nSPS) is 25.8. The summed E-state index contributed by atoms with van der Waals surface area (Å²) < 4.78 is 16.4. The van der Waals surface area contributed by atoms with Crippen LogP contribution in [0.4, 0.5) is 0 Å². The maximum atomic E-state index is 6.23. The second kappa shape index (κ2) is 4.39. The summed E-state index contributed by atoms with van der Waals surface area (Å²) in [5.74, 6) is 1.56. The van der Waals surface area contributed by atoms with Gasteiger partial charge in [0.2, 0.25) is 0 Å². The van der Waals surface area contributed by atoms with Crippen LogP contribution in [-0.4, -0.2) is 25.4 Å². The third-order valence-electron chi connectivity index (χ3n) is 3.25. The molecule has 17 heavy (non-hydrogen) atoms. The number of benzene rings is 1. The van der Waals surface area contributed by atoms with Gasteiger partial charge in [-0.15, -0.1) is 0 Å². The lowest BCUT2D eigenvalue weighted by Gasteiger charge is -2.19. The van der Waals surface area contributed by atoms with Crippen molar-refractivity contribution < 1.29 is 14.2 Å². The highest BCUT2D eigenvalue weighted by molar-refractivity contribution is 6.31. The van der Waals surface area contributed by atoms with Gasteiger partial charge in [0, 0.05) is 11.1 Å². The Hall–Kier alpha value is -0.930. The number of hydrogen-bond acceptors (Lipinski definition) is 3. The van der Waals surface area contributed by atoms with Gasteiger partial charge < -0.3 is 14.2 Å². The Kier molecular flexibility index (Phi) is 2.89. The molecule has 0 aliphatic carbocycles. The molecule has 0 bridgehead atoms. The molecule has 0 N–H and O–H groups in total. The number of halogens is 1. The van der Waals surface area contributed by atoms with E-state index < -0.39 is 0 Å². The van der Waals surface area contributed by atoms with Crippen molar-refractivity contribution in [2.75, 3.05) is 13.2 Å². The lowest BCUT2D eigenvalue weighted by molar-refractivity contribution is 0.171. The van der Waals surface area contributed by atoms with Gasteiger partial charge >= 0.3 is 0 Å². The lowest BCUT2D eigenvalue weighted by atomic mass is 10.1. The van der Waals surface area contributed by atoms with E-state index >= 15 is 0 Å². The molecule has 2 heterocycles. The van der Waals surface area contributed by atoms with Gasteiger partial charge in [-0.2, -0.15) is 0 Å². The van der Waals surface area contributed by atoms with Crippen LogP contribution in [0, 0.1) is 0 Å². The van der Waals surface area contributed by atoms with E-state index in [4.69, 9.17) is 25.8 Å². The first-order valence-electron chi connectivity index (χ1n) is 5.97. The summed E-state index contributed by atoms with van der Waals surface area (Å²) in [6, 6.07) is 3.84. The van der Waals surface area contributed by atoms with E-state index in [1.165, 1.54) is 0 Å². The van der Waals surface area contributed by atoms with Gasteiger partial charge in [-0.3, -0.25) is 0 Å². The molecule has 0 aromatic heterocycles. The van der Waals surface area contributed by atoms with Crippen LogP contribution in [0.15, 0.2) is 12.1 Å². The minimum atomic E-state index is 0.402. The number of hydrogen-bond donors (Lipinski definition) is 0. The SMILES string of the molecule is CC1OC1CCc1cc2c(cc1Cl)OCCO2. The maximum absolute atomic E-state index is 6.23. The molecule has 92 valence electrons. The molecule has 0 saturated carbocycles. The Labute approximate surface area is 106 Å². The second-order valence-corrected chi connectivity index (χ2v) is 4.91. The molecular formula is C13H15ClO3. The summed E-state index contributed by atoms with van der Waals surface area (Å²) in [6.07, 6.45) is 2.75. The molecule has 3 rings (SSSR count). The van der Waals surface area contributed by atoms with Gasteiger partial charge in [0.25, 0.3) is 0 Å². The van der Waals surface area contributed by atoms with Gasteiger partial charge in [-0.1, -0.05) is 11.6 Å². The molecule has 2 aliphatic heterocycles. The highest BCUT2D eigenvalue weighted by atomic mass is 35.5. The Morgan fingerprint density at radius 3 is 2.53 bits per heavy atom. The van der Waals surface area contributed by atoms with Gasteiger partial charge in [0.15, 0.2) is 11.5 Å². The van der Waals surface area contributed by atoms with Crippen LogP contribution in [0.5, 0.6) is 11.5 Å². The average molecular weight is 255 g/mol. The van der Waals surface area contributed by atoms with Crippen molar-refractivity contribution in [2.24, 2.45) is 0 Å². The number of aryl methyl sites for hydroxylation is 1. The van der Waals surface area contributed by atoms with Gasteiger partial charge in [0.1, 0.15) is 13.2 Å². The van der Waals surface area contributed by atoms with Crippen molar-refractivity contribution in [2.45, 2.75) is 32.0 Å².